The molecule has 4 nitrogen and oxygen atoms in total. The highest BCUT2D eigenvalue weighted by atomic mass is 35.5. The number of hydrogen-bond donors (Lipinski definition) is 1. The SMILES string of the molecule is CC(C)C(O)CC(=O)N1CCC(C(=O)c2ccc(Cl)cc2)CC1. The van der Waals surface area contributed by atoms with Crippen LogP contribution in [0.5, 0.6) is 0 Å². The Morgan fingerprint density at radius 2 is 1.78 bits per heavy atom. The number of aliphatic hydroxyl groups is 1. The molecule has 1 amide bonds. The smallest absolute Gasteiger partial charge is 0.225 e. The molecule has 1 aromatic carbocycles. The fourth-order valence-electron chi connectivity index (χ4n) is 2.78. The number of Topliss-reactive ketones (excluding diaryl/α,β-unsaturated/α-hetero) is 1. The van der Waals surface area contributed by atoms with Crippen LogP contribution >= 0.6 is 11.6 Å². The summed E-state index contributed by atoms with van der Waals surface area (Å²) >= 11 is 5.84. The van der Waals surface area contributed by atoms with Crippen molar-refractivity contribution in [3.8, 4) is 0 Å². The molecule has 0 aliphatic carbocycles. The van der Waals surface area contributed by atoms with Gasteiger partial charge in [0.25, 0.3) is 0 Å². The van der Waals surface area contributed by atoms with Crippen LogP contribution in [0.25, 0.3) is 0 Å². The van der Waals surface area contributed by atoms with Crippen molar-refractivity contribution in [2.24, 2.45) is 11.8 Å². The first kappa shape index (κ1) is 18.0. The third kappa shape index (κ3) is 4.79. The molecule has 1 aliphatic rings. The van der Waals surface area contributed by atoms with E-state index in [0.29, 0.717) is 36.5 Å². The summed E-state index contributed by atoms with van der Waals surface area (Å²) in [4.78, 5) is 26.4. The number of likely N-dealkylation sites (tertiary alicyclic amines) is 1. The third-order valence-corrected chi connectivity index (χ3v) is 4.75. The number of halogens is 1. The monoisotopic (exact) mass is 337 g/mol. The van der Waals surface area contributed by atoms with Crippen LogP contribution in [-0.4, -0.2) is 40.9 Å². The van der Waals surface area contributed by atoms with Gasteiger partial charge in [-0.15, -0.1) is 0 Å². The fourth-order valence-corrected chi connectivity index (χ4v) is 2.91. The van der Waals surface area contributed by atoms with E-state index in [0.717, 1.165) is 0 Å². The second kappa shape index (κ2) is 7.93. The number of hydrogen-bond acceptors (Lipinski definition) is 3. The largest absolute Gasteiger partial charge is 0.392 e. The quantitative estimate of drug-likeness (QED) is 0.840. The number of carbonyl (C=O) groups excluding carboxylic acids is 2. The highest BCUT2D eigenvalue weighted by Gasteiger charge is 2.28. The molecule has 126 valence electrons. The summed E-state index contributed by atoms with van der Waals surface area (Å²) < 4.78 is 0. The first-order valence-electron chi connectivity index (χ1n) is 8.14. The minimum Gasteiger partial charge on any atom is -0.392 e. The van der Waals surface area contributed by atoms with Crippen molar-refractivity contribution >= 4 is 23.3 Å². The Bertz CT molecular complexity index is 548. The third-order valence-electron chi connectivity index (χ3n) is 4.50. The highest BCUT2D eigenvalue weighted by Crippen LogP contribution is 2.23. The van der Waals surface area contributed by atoms with E-state index >= 15 is 0 Å². The lowest BCUT2D eigenvalue weighted by molar-refractivity contribution is -0.135. The predicted octanol–water partition coefficient (Wildman–Crippen LogP) is 3.17. The van der Waals surface area contributed by atoms with Gasteiger partial charge in [0.05, 0.1) is 12.5 Å². The van der Waals surface area contributed by atoms with Gasteiger partial charge in [0, 0.05) is 29.6 Å². The molecule has 1 N–H and O–H groups in total. The number of amides is 1. The Morgan fingerprint density at radius 1 is 1.22 bits per heavy atom. The number of aliphatic hydroxyl groups excluding tert-OH is 1. The first-order chi connectivity index (χ1) is 10.9. The molecule has 0 radical (unpaired) electrons. The molecular weight excluding hydrogens is 314 g/mol. The Hall–Kier alpha value is -1.39. The Balaban J connectivity index is 1.87. The summed E-state index contributed by atoms with van der Waals surface area (Å²) in [5, 5.41) is 10.4. The lowest BCUT2D eigenvalue weighted by Gasteiger charge is -2.32. The zero-order chi connectivity index (χ0) is 17.0. The van der Waals surface area contributed by atoms with Crippen molar-refractivity contribution in [1.29, 1.82) is 0 Å². The molecule has 1 atom stereocenters. The maximum Gasteiger partial charge on any atom is 0.225 e. The normalized spacial score (nSPS) is 17.3. The molecule has 0 bridgehead atoms. The maximum absolute atomic E-state index is 12.5. The highest BCUT2D eigenvalue weighted by molar-refractivity contribution is 6.30. The van der Waals surface area contributed by atoms with E-state index in [9.17, 15) is 14.7 Å². The summed E-state index contributed by atoms with van der Waals surface area (Å²) in [6.45, 7) is 4.95. The van der Waals surface area contributed by atoms with E-state index in [1.54, 1.807) is 29.2 Å². The van der Waals surface area contributed by atoms with Crippen molar-refractivity contribution in [2.45, 2.75) is 39.2 Å². The van der Waals surface area contributed by atoms with Crippen molar-refractivity contribution in [1.82, 2.24) is 4.90 Å². The van der Waals surface area contributed by atoms with Crippen LogP contribution in [0.15, 0.2) is 24.3 Å². The summed E-state index contributed by atoms with van der Waals surface area (Å²) in [7, 11) is 0. The van der Waals surface area contributed by atoms with E-state index in [2.05, 4.69) is 0 Å². The van der Waals surface area contributed by atoms with E-state index in [4.69, 9.17) is 11.6 Å². The molecule has 2 rings (SSSR count). The van der Waals surface area contributed by atoms with Gasteiger partial charge in [0.1, 0.15) is 0 Å². The molecule has 1 aromatic rings. The number of nitrogens with zero attached hydrogens (tertiary/aromatic N) is 1. The lowest BCUT2D eigenvalue weighted by Crippen LogP contribution is -2.41. The van der Waals surface area contributed by atoms with Crippen LogP contribution in [0.4, 0.5) is 0 Å². The minimum atomic E-state index is -0.601. The number of piperidine rings is 1. The number of rotatable bonds is 5. The summed E-state index contributed by atoms with van der Waals surface area (Å²) in [5.74, 6) is 0.123. The van der Waals surface area contributed by atoms with Gasteiger partial charge in [-0.05, 0) is 43.0 Å². The molecule has 1 fully saturated rings. The molecular formula is C18H24ClNO3. The Morgan fingerprint density at radius 3 is 2.30 bits per heavy atom. The maximum atomic E-state index is 12.5. The standard InChI is InChI=1S/C18H24ClNO3/c1-12(2)16(21)11-17(22)20-9-7-14(8-10-20)18(23)13-3-5-15(19)6-4-13/h3-6,12,14,16,21H,7-11H2,1-2H3. The zero-order valence-corrected chi connectivity index (χ0v) is 14.4. The van der Waals surface area contributed by atoms with Gasteiger partial charge < -0.3 is 10.0 Å². The zero-order valence-electron chi connectivity index (χ0n) is 13.7. The van der Waals surface area contributed by atoms with Crippen LogP contribution in [0.1, 0.15) is 43.5 Å². The topological polar surface area (TPSA) is 57.6 Å². The van der Waals surface area contributed by atoms with Gasteiger partial charge in [-0.2, -0.15) is 0 Å². The Kier molecular flexibility index (Phi) is 6.19. The fraction of sp³-hybridized carbons (Fsp3) is 0.556. The van der Waals surface area contributed by atoms with Crippen molar-refractivity contribution < 1.29 is 14.7 Å². The van der Waals surface area contributed by atoms with Gasteiger partial charge in [-0.3, -0.25) is 9.59 Å². The van der Waals surface area contributed by atoms with Gasteiger partial charge in [-0.25, -0.2) is 0 Å². The molecule has 0 aromatic heterocycles. The van der Waals surface area contributed by atoms with Crippen LogP contribution in [0.2, 0.25) is 5.02 Å². The molecule has 1 heterocycles. The Labute approximate surface area is 142 Å². The molecule has 1 unspecified atom stereocenters. The van der Waals surface area contributed by atoms with E-state index in [1.807, 2.05) is 13.8 Å². The summed E-state index contributed by atoms with van der Waals surface area (Å²) in [6.07, 6.45) is 0.902. The van der Waals surface area contributed by atoms with E-state index in [1.165, 1.54) is 0 Å². The van der Waals surface area contributed by atoms with Gasteiger partial charge in [-0.1, -0.05) is 25.4 Å². The number of benzene rings is 1. The van der Waals surface area contributed by atoms with Crippen molar-refractivity contribution in [2.75, 3.05) is 13.1 Å². The van der Waals surface area contributed by atoms with Crippen LogP contribution < -0.4 is 0 Å². The van der Waals surface area contributed by atoms with E-state index < -0.39 is 6.10 Å². The van der Waals surface area contributed by atoms with Gasteiger partial charge >= 0.3 is 0 Å². The van der Waals surface area contributed by atoms with Crippen molar-refractivity contribution in [3.05, 3.63) is 34.9 Å². The molecule has 1 aliphatic heterocycles. The van der Waals surface area contributed by atoms with Crippen LogP contribution in [0.3, 0.4) is 0 Å². The second-order valence-electron chi connectivity index (χ2n) is 6.54. The average Bonchev–Trinajstić information content (AvgIpc) is 2.55. The van der Waals surface area contributed by atoms with Crippen LogP contribution in [-0.2, 0) is 4.79 Å². The number of carbonyl (C=O) groups is 2. The first-order valence-corrected chi connectivity index (χ1v) is 8.52. The molecule has 0 spiro atoms. The lowest BCUT2D eigenvalue weighted by atomic mass is 9.88. The summed E-state index contributed by atoms with van der Waals surface area (Å²) in [6, 6.07) is 6.95. The van der Waals surface area contributed by atoms with E-state index in [-0.39, 0.29) is 29.9 Å². The average molecular weight is 338 g/mol. The molecule has 0 saturated carbocycles. The van der Waals surface area contributed by atoms with Gasteiger partial charge in [0.2, 0.25) is 5.91 Å². The predicted molar refractivity (Wildman–Crippen MR) is 90.5 cm³/mol. The van der Waals surface area contributed by atoms with Crippen molar-refractivity contribution in [3.63, 3.8) is 0 Å². The molecule has 5 heteroatoms. The molecule has 1 saturated heterocycles. The number of ketones is 1. The second-order valence-corrected chi connectivity index (χ2v) is 6.98. The van der Waals surface area contributed by atoms with Gasteiger partial charge in [0.15, 0.2) is 5.78 Å². The van der Waals surface area contributed by atoms with Crippen LogP contribution in [0, 0.1) is 11.8 Å². The summed E-state index contributed by atoms with van der Waals surface area (Å²) in [5.41, 5.74) is 0.675. The molecule has 23 heavy (non-hydrogen) atoms. The minimum absolute atomic E-state index is 0.0245.